The second-order valence-electron chi connectivity index (χ2n) is 6.18. The molecule has 1 aromatic heterocycles. The van der Waals surface area contributed by atoms with E-state index in [0.29, 0.717) is 17.9 Å². The molecular formula is C20H16N4O2. The van der Waals surface area contributed by atoms with Gasteiger partial charge >= 0.3 is 0 Å². The summed E-state index contributed by atoms with van der Waals surface area (Å²) in [5.74, 6) is 0.310. The number of carbonyl (C=O) groups is 1. The van der Waals surface area contributed by atoms with Gasteiger partial charge in [0.25, 0.3) is 5.91 Å². The van der Waals surface area contributed by atoms with Gasteiger partial charge in [0.05, 0.1) is 18.2 Å². The van der Waals surface area contributed by atoms with E-state index in [-0.39, 0.29) is 5.91 Å². The standard InChI is InChI=1S/C20H16N4O2/c1-13-20(25)24(12-15-4-2-3-14(9-15)11-21)19(23-26-13)17-5-6-18-16(10-17)7-8-22-18/h2-10,13,22H,12H2,1H3. The first-order valence-electron chi connectivity index (χ1n) is 8.27. The Morgan fingerprint density at radius 1 is 1.27 bits per heavy atom. The average Bonchev–Trinajstić information content (AvgIpc) is 3.13. The van der Waals surface area contributed by atoms with Gasteiger partial charge in [-0.3, -0.25) is 9.69 Å². The molecule has 4 rings (SSSR count). The summed E-state index contributed by atoms with van der Waals surface area (Å²) in [6, 6.07) is 17.1. The first kappa shape index (κ1) is 15.9. The maximum atomic E-state index is 12.7. The normalized spacial score (nSPS) is 16.9. The first-order chi connectivity index (χ1) is 12.7. The predicted octanol–water partition coefficient (Wildman–Crippen LogP) is 3.15. The molecule has 0 fully saturated rings. The first-order valence-corrected chi connectivity index (χ1v) is 8.27. The Morgan fingerprint density at radius 3 is 3.00 bits per heavy atom. The lowest BCUT2D eigenvalue weighted by Crippen LogP contribution is -2.46. The number of nitrogens with one attached hydrogen (secondary N) is 1. The number of hydrogen-bond donors (Lipinski definition) is 1. The Morgan fingerprint density at radius 2 is 2.15 bits per heavy atom. The van der Waals surface area contributed by atoms with Crippen molar-refractivity contribution >= 4 is 22.6 Å². The van der Waals surface area contributed by atoms with Gasteiger partial charge in [-0.05, 0) is 48.9 Å². The molecule has 1 amide bonds. The predicted molar refractivity (Wildman–Crippen MR) is 97.1 cm³/mol. The summed E-state index contributed by atoms with van der Waals surface area (Å²) in [5.41, 5.74) is 3.23. The Hall–Kier alpha value is -3.59. The number of amides is 1. The van der Waals surface area contributed by atoms with E-state index in [0.717, 1.165) is 22.0 Å². The molecule has 1 aliphatic heterocycles. The van der Waals surface area contributed by atoms with Crippen LogP contribution in [0.4, 0.5) is 0 Å². The third kappa shape index (κ3) is 2.80. The SMILES string of the molecule is CC1ON=C(c2ccc3[nH]ccc3c2)N(Cc2cccc(C#N)c2)C1=O. The lowest BCUT2D eigenvalue weighted by molar-refractivity contribution is -0.142. The zero-order valence-corrected chi connectivity index (χ0v) is 14.1. The van der Waals surface area contributed by atoms with E-state index < -0.39 is 6.10 Å². The minimum atomic E-state index is -0.645. The van der Waals surface area contributed by atoms with Crippen molar-refractivity contribution in [2.24, 2.45) is 5.16 Å². The van der Waals surface area contributed by atoms with E-state index in [1.165, 1.54) is 0 Å². The minimum absolute atomic E-state index is 0.161. The quantitative estimate of drug-likeness (QED) is 0.792. The fourth-order valence-corrected chi connectivity index (χ4v) is 3.02. The summed E-state index contributed by atoms with van der Waals surface area (Å²) in [6.07, 6.45) is 1.22. The molecule has 6 heteroatoms. The zero-order valence-electron chi connectivity index (χ0n) is 14.1. The Labute approximate surface area is 150 Å². The average molecular weight is 344 g/mol. The number of nitrogens with zero attached hydrogens (tertiary/aromatic N) is 3. The number of H-pyrrole nitrogens is 1. The van der Waals surface area contributed by atoms with Crippen molar-refractivity contribution in [1.29, 1.82) is 5.26 Å². The summed E-state index contributed by atoms with van der Waals surface area (Å²) in [6.45, 7) is 2.00. The number of amidine groups is 1. The van der Waals surface area contributed by atoms with Gasteiger partial charge < -0.3 is 9.82 Å². The number of oxime groups is 1. The number of aromatic amines is 1. The lowest BCUT2D eigenvalue weighted by Gasteiger charge is -2.30. The molecule has 3 aromatic rings. The third-order valence-corrected chi connectivity index (χ3v) is 4.38. The highest BCUT2D eigenvalue weighted by Crippen LogP contribution is 2.21. The molecule has 0 bridgehead atoms. The topological polar surface area (TPSA) is 81.5 Å². The van der Waals surface area contributed by atoms with E-state index in [9.17, 15) is 4.79 Å². The molecule has 1 atom stereocenters. The van der Waals surface area contributed by atoms with Crippen molar-refractivity contribution in [3.8, 4) is 6.07 Å². The fourth-order valence-electron chi connectivity index (χ4n) is 3.02. The monoisotopic (exact) mass is 344 g/mol. The number of hydrogen-bond acceptors (Lipinski definition) is 4. The Balaban J connectivity index is 1.73. The van der Waals surface area contributed by atoms with Gasteiger partial charge in [0, 0.05) is 22.7 Å². The zero-order chi connectivity index (χ0) is 18.1. The van der Waals surface area contributed by atoms with Gasteiger partial charge in [0.2, 0.25) is 6.10 Å². The van der Waals surface area contributed by atoms with Crippen LogP contribution in [0.5, 0.6) is 0 Å². The molecular weight excluding hydrogens is 328 g/mol. The molecule has 0 spiro atoms. The molecule has 1 aliphatic rings. The number of fused-ring (bicyclic) bond motifs is 1. The van der Waals surface area contributed by atoms with E-state index in [1.807, 2.05) is 42.6 Å². The van der Waals surface area contributed by atoms with Crippen molar-refractivity contribution in [3.05, 3.63) is 71.4 Å². The third-order valence-electron chi connectivity index (χ3n) is 4.38. The van der Waals surface area contributed by atoms with E-state index in [1.54, 1.807) is 24.0 Å². The molecule has 0 radical (unpaired) electrons. The highest BCUT2D eigenvalue weighted by molar-refractivity contribution is 6.10. The molecule has 1 unspecified atom stereocenters. The highest BCUT2D eigenvalue weighted by atomic mass is 16.6. The highest BCUT2D eigenvalue weighted by Gasteiger charge is 2.32. The molecule has 128 valence electrons. The van der Waals surface area contributed by atoms with Crippen molar-refractivity contribution in [1.82, 2.24) is 9.88 Å². The van der Waals surface area contributed by atoms with E-state index in [2.05, 4.69) is 16.2 Å². The van der Waals surface area contributed by atoms with Crippen LogP contribution in [0.2, 0.25) is 0 Å². The number of rotatable bonds is 3. The van der Waals surface area contributed by atoms with Crippen LogP contribution in [0.1, 0.15) is 23.6 Å². The van der Waals surface area contributed by atoms with Gasteiger partial charge in [-0.15, -0.1) is 0 Å². The van der Waals surface area contributed by atoms with Crippen molar-refractivity contribution < 1.29 is 9.63 Å². The second-order valence-corrected chi connectivity index (χ2v) is 6.18. The van der Waals surface area contributed by atoms with Gasteiger partial charge in [-0.2, -0.15) is 5.26 Å². The van der Waals surface area contributed by atoms with Crippen LogP contribution in [0, 0.1) is 11.3 Å². The van der Waals surface area contributed by atoms with Crippen molar-refractivity contribution in [2.75, 3.05) is 0 Å². The van der Waals surface area contributed by atoms with Crippen LogP contribution in [0.25, 0.3) is 10.9 Å². The minimum Gasteiger partial charge on any atom is -0.381 e. The summed E-state index contributed by atoms with van der Waals surface area (Å²) < 4.78 is 0. The van der Waals surface area contributed by atoms with Gasteiger partial charge in [-0.1, -0.05) is 17.3 Å². The molecule has 2 heterocycles. The smallest absolute Gasteiger partial charge is 0.272 e. The Bertz CT molecular complexity index is 1060. The number of benzene rings is 2. The van der Waals surface area contributed by atoms with Crippen LogP contribution in [-0.2, 0) is 16.2 Å². The van der Waals surface area contributed by atoms with Crippen molar-refractivity contribution in [2.45, 2.75) is 19.6 Å². The van der Waals surface area contributed by atoms with Gasteiger partial charge in [0.15, 0.2) is 5.84 Å². The number of nitriles is 1. The van der Waals surface area contributed by atoms with Gasteiger partial charge in [-0.25, -0.2) is 0 Å². The molecule has 0 saturated carbocycles. The molecule has 6 nitrogen and oxygen atoms in total. The van der Waals surface area contributed by atoms with Crippen molar-refractivity contribution in [3.63, 3.8) is 0 Å². The van der Waals surface area contributed by atoms with E-state index in [4.69, 9.17) is 10.1 Å². The summed E-state index contributed by atoms with van der Waals surface area (Å²) in [4.78, 5) is 22.8. The van der Waals surface area contributed by atoms with E-state index >= 15 is 0 Å². The molecule has 26 heavy (non-hydrogen) atoms. The number of aromatic nitrogens is 1. The second kappa shape index (κ2) is 6.37. The summed E-state index contributed by atoms with van der Waals surface area (Å²) in [7, 11) is 0. The van der Waals surface area contributed by atoms with Crippen LogP contribution in [0.3, 0.4) is 0 Å². The summed E-state index contributed by atoms with van der Waals surface area (Å²) >= 11 is 0. The lowest BCUT2D eigenvalue weighted by atomic mass is 10.1. The fraction of sp³-hybridized carbons (Fsp3) is 0.150. The molecule has 0 saturated heterocycles. The Kier molecular flexibility index (Phi) is 3.90. The molecule has 1 N–H and O–H groups in total. The largest absolute Gasteiger partial charge is 0.381 e. The van der Waals surface area contributed by atoms with Gasteiger partial charge in [0.1, 0.15) is 0 Å². The van der Waals surface area contributed by atoms with Crippen LogP contribution in [-0.4, -0.2) is 27.7 Å². The maximum absolute atomic E-state index is 12.7. The maximum Gasteiger partial charge on any atom is 0.272 e. The molecule has 2 aromatic carbocycles. The van der Waals surface area contributed by atoms with Crippen LogP contribution < -0.4 is 0 Å². The number of carbonyl (C=O) groups excluding carboxylic acids is 1. The molecule has 0 aliphatic carbocycles. The van der Waals surface area contributed by atoms with Crippen LogP contribution >= 0.6 is 0 Å². The van der Waals surface area contributed by atoms with Crippen LogP contribution in [0.15, 0.2) is 59.9 Å². The summed E-state index contributed by atoms with van der Waals surface area (Å²) in [5, 5.41) is 14.3.